The summed E-state index contributed by atoms with van der Waals surface area (Å²) in [6, 6.07) is 2.75. The highest BCUT2D eigenvalue weighted by Crippen LogP contribution is 2.33. The fourth-order valence-corrected chi connectivity index (χ4v) is 4.56. The number of carbonyl (C=O) groups is 1. The van der Waals surface area contributed by atoms with Crippen molar-refractivity contribution in [2.75, 3.05) is 26.7 Å². The molecule has 0 atom stereocenters. The molecular weight excluding hydrogens is 392 g/mol. The summed E-state index contributed by atoms with van der Waals surface area (Å²) in [5.74, 6) is -0.683. The van der Waals surface area contributed by atoms with Gasteiger partial charge < -0.3 is 24.4 Å². The molecule has 1 amide bonds. The Balaban J connectivity index is 1.90. The number of nitrogens with one attached hydrogen (secondary N) is 1. The standard InChI is InChI=1S/C22H29F2N3O3/c1-22(2,3)27(8-5-14(6-9-27)26-21(28)29)10-7-16-17-11-15(30-4)12-18(23)20(17)25-13-19(16)24/h11-14,26H,5-10H2,1-4H3. The number of halogens is 2. The van der Waals surface area contributed by atoms with Crippen LogP contribution in [0.2, 0.25) is 0 Å². The average Bonchev–Trinajstić information content (AvgIpc) is 2.67. The van der Waals surface area contributed by atoms with Crippen molar-refractivity contribution < 1.29 is 27.9 Å². The van der Waals surface area contributed by atoms with Gasteiger partial charge in [0.2, 0.25) is 0 Å². The topological polar surface area (TPSA) is 74.3 Å². The van der Waals surface area contributed by atoms with Crippen molar-refractivity contribution >= 4 is 17.0 Å². The second-order valence-corrected chi connectivity index (χ2v) is 9.03. The summed E-state index contributed by atoms with van der Waals surface area (Å²) in [7, 11) is 1.44. The van der Waals surface area contributed by atoms with Gasteiger partial charge in [-0.3, -0.25) is 4.98 Å². The van der Waals surface area contributed by atoms with Crippen molar-refractivity contribution in [2.45, 2.75) is 51.6 Å². The third-order valence-electron chi connectivity index (χ3n) is 6.54. The Morgan fingerprint density at radius 3 is 2.50 bits per heavy atom. The SMILES string of the molecule is COc1cc(F)c2ncc(F)c(CC[N+]3(C(C)(C)C)CCC(NC(=O)[O-])CC3)c2c1. The highest BCUT2D eigenvalue weighted by molar-refractivity contribution is 5.84. The van der Waals surface area contributed by atoms with Gasteiger partial charge in [-0.05, 0) is 26.8 Å². The van der Waals surface area contributed by atoms with Crippen LogP contribution in [0.25, 0.3) is 10.9 Å². The number of benzene rings is 1. The van der Waals surface area contributed by atoms with Crippen LogP contribution >= 0.6 is 0 Å². The third-order valence-corrected chi connectivity index (χ3v) is 6.54. The lowest BCUT2D eigenvalue weighted by Gasteiger charge is -2.52. The van der Waals surface area contributed by atoms with Crippen LogP contribution in [-0.4, -0.2) is 53.9 Å². The molecule has 2 aromatic rings. The number of nitrogens with zero attached hydrogens (tertiary/aromatic N) is 2. The van der Waals surface area contributed by atoms with Crippen LogP contribution in [0.1, 0.15) is 39.2 Å². The molecule has 30 heavy (non-hydrogen) atoms. The normalized spacial score (nSPS) is 22.1. The highest BCUT2D eigenvalue weighted by atomic mass is 19.1. The minimum atomic E-state index is -1.25. The van der Waals surface area contributed by atoms with Crippen LogP contribution in [0, 0.1) is 11.6 Å². The molecule has 164 valence electrons. The number of amides is 1. The van der Waals surface area contributed by atoms with E-state index in [1.54, 1.807) is 6.07 Å². The van der Waals surface area contributed by atoms with Gasteiger partial charge in [0.25, 0.3) is 0 Å². The molecule has 2 heterocycles. The Bertz CT molecular complexity index is 935. The number of quaternary nitrogens is 1. The Morgan fingerprint density at radius 2 is 1.93 bits per heavy atom. The van der Waals surface area contributed by atoms with Gasteiger partial charge in [-0.15, -0.1) is 0 Å². The van der Waals surface area contributed by atoms with E-state index in [0.717, 1.165) is 19.3 Å². The molecule has 0 radical (unpaired) electrons. The molecule has 1 aliphatic heterocycles. The molecule has 1 aliphatic rings. The molecule has 8 heteroatoms. The van der Waals surface area contributed by atoms with Gasteiger partial charge in [-0.1, -0.05) is 0 Å². The third kappa shape index (κ3) is 4.33. The van der Waals surface area contributed by atoms with E-state index in [0.29, 0.717) is 47.0 Å². The number of pyridine rings is 1. The quantitative estimate of drug-likeness (QED) is 0.754. The fourth-order valence-electron chi connectivity index (χ4n) is 4.56. The predicted octanol–water partition coefficient (Wildman–Crippen LogP) is 2.77. The Hall–Kier alpha value is -2.48. The molecule has 1 saturated heterocycles. The monoisotopic (exact) mass is 421 g/mol. The first kappa shape index (κ1) is 22.2. The van der Waals surface area contributed by atoms with E-state index in [1.807, 2.05) is 0 Å². The first-order valence-corrected chi connectivity index (χ1v) is 10.2. The van der Waals surface area contributed by atoms with Gasteiger partial charge in [0.05, 0.1) is 38.5 Å². The van der Waals surface area contributed by atoms with Crippen LogP contribution < -0.4 is 15.2 Å². The summed E-state index contributed by atoms with van der Waals surface area (Å²) in [5, 5.41) is 13.8. The van der Waals surface area contributed by atoms with Crippen LogP contribution in [0.5, 0.6) is 5.75 Å². The summed E-state index contributed by atoms with van der Waals surface area (Å²) in [6.07, 6.45) is 1.61. The highest BCUT2D eigenvalue weighted by Gasteiger charge is 2.43. The lowest BCUT2D eigenvalue weighted by Crippen LogP contribution is -2.66. The zero-order valence-electron chi connectivity index (χ0n) is 17.9. The molecule has 6 nitrogen and oxygen atoms in total. The number of methoxy groups -OCH3 is 1. The maximum Gasteiger partial charge on any atom is 0.153 e. The van der Waals surface area contributed by atoms with E-state index in [1.165, 1.54) is 13.2 Å². The number of hydrogen-bond acceptors (Lipinski definition) is 4. The van der Waals surface area contributed by atoms with E-state index in [9.17, 15) is 18.7 Å². The average molecular weight is 421 g/mol. The summed E-state index contributed by atoms with van der Waals surface area (Å²) in [5.41, 5.74) is 0.440. The van der Waals surface area contributed by atoms with Crippen molar-refractivity contribution in [2.24, 2.45) is 0 Å². The smallest absolute Gasteiger partial charge is 0.153 e. The van der Waals surface area contributed by atoms with Gasteiger partial charge in [0.1, 0.15) is 23.2 Å². The summed E-state index contributed by atoms with van der Waals surface area (Å²) in [6.45, 7) is 8.60. The number of rotatable bonds is 5. The van der Waals surface area contributed by atoms with E-state index >= 15 is 0 Å². The van der Waals surface area contributed by atoms with Crippen molar-refractivity contribution in [3.05, 3.63) is 35.5 Å². The van der Waals surface area contributed by atoms with Crippen LogP contribution in [-0.2, 0) is 6.42 Å². The van der Waals surface area contributed by atoms with Crippen molar-refractivity contribution in [1.82, 2.24) is 10.3 Å². The van der Waals surface area contributed by atoms with Crippen molar-refractivity contribution in [3.8, 4) is 5.75 Å². The van der Waals surface area contributed by atoms with Gasteiger partial charge in [0.15, 0.2) is 5.82 Å². The molecule has 0 bridgehead atoms. The Morgan fingerprint density at radius 1 is 1.27 bits per heavy atom. The van der Waals surface area contributed by atoms with Crippen LogP contribution in [0.3, 0.4) is 0 Å². The minimum Gasteiger partial charge on any atom is -0.530 e. The van der Waals surface area contributed by atoms with Crippen molar-refractivity contribution in [3.63, 3.8) is 0 Å². The molecule has 0 spiro atoms. The summed E-state index contributed by atoms with van der Waals surface area (Å²) in [4.78, 5) is 14.8. The molecule has 1 fully saturated rings. The maximum atomic E-state index is 14.8. The number of aromatic nitrogens is 1. The number of carbonyl (C=O) groups excluding carboxylic acids is 1. The summed E-state index contributed by atoms with van der Waals surface area (Å²) >= 11 is 0. The number of fused-ring (bicyclic) bond motifs is 1. The lowest BCUT2D eigenvalue weighted by molar-refractivity contribution is -0.974. The largest absolute Gasteiger partial charge is 0.530 e. The first-order valence-electron chi connectivity index (χ1n) is 10.2. The summed E-state index contributed by atoms with van der Waals surface area (Å²) < 4.78 is 35.0. The van der Waals surface area contributed by atoms with Crippen molar-refractivity contribution in [1.29, 1.82) is 0 Å². The number of hydrogen-bond donors (Lipinski definition) is 1. The zero-order valence-corrected chi connectivity index (χ0v) is 17.9. The second-order valence-electron chi connectivity index (χ2n) is 9.03. The van der Waals surface area contributed by atoms with E-state index in [-0.39, 0.29) is 17.1 Å². The molecule has 0 saturated carbocycles. The number of piperidine rings is 1. The van der Waals surface area contributed by atoms with Gasteiger partial charge in [-0.25, -0.2) is 8.78 Å². The van der Waals surface area contributed by atoms with Gasteiger partial charge in [0, 0.05) is 42.3 Å². The molecule has 0 unspecified atom stereocenters. The van der Waals surface area contributed by atoms with E-state index in [4.69, 9.17) is 4.74 Å². The molecular formula is C22H29F2N3O3. The van der Waals surface area contributed by atoms with Gasteiger partial charge in [-0.2, -0.15) is 0 Å². The second kappa shape index (κ2) is 8.34. The predicted molar refractivity (Wildman–Crippen MR) is 108 cm³/mol. The minimum absolute atomic E-state index is 0.116. The maximum absolute atomic E-state index is 14.8. The van der Waals surface area contributed by atoms with Crippen LogP contribution in [0.15, 0.2) is 18.3 Å². The molecule has 1 aromatic heterocycles. The zero-order chi connectivity index (χ0) is 22.1. The number of carboxylic acid groups (broad SMARTS) is 1. The lowest BCUT2D eigenvalue weighted by atomic mass is 9.91. The van der Waals surface area contributed by atoms with E-state index in [2.05, 4.69) is 31.1 Å². The number of likely N-dealkylation sites (tertiary alicyclic amines) is 1. The fraction of sp³-hybridized carbons (Fsp3) is 0.545. The van der Waals surface area contributed by atoms with Gasteiger partial charge >= 0.3 is 0 Å². The van der Waals surface area contributed by atoms with E-state index < -0.39 is 17.7 Å². The van der Waals surface area contributed by atoms with Crippen LogP contribution in [0.4, 0.5) is 13.6 Å². The molecule has 0 aliphatic carbocycles. The molecule has 1 N–H and O–H groups in total. The Labute approximate surface area is 175 Å². The Kier molecular flexibility index (Phi) is 6.17. The first-order chi connectivity index (χ1) is 14.1. The molecule has 1 aromatic carbocycles. The molecule has 3 rings (SSSR count). The number of ether oxygens (including phenoxy) is 1.